The molecule has 1 unspecified atom stereocenters. The Morgan fingerprint density at radius 3 is 2.45 bits per heavy atom. The molecule has 3 aliphatic rings. The number of hydrogen-bond donors (Lipinski definition) is 0. The van der Waals surface area contributed by atoms with Gasteiger partial charge in [-0.3, -0.25) is 4.79 Å². The Labute approximate surface area is 254 Å². The van der Waals surface area contributed by atoms with Gasteiger partial charge in [-0.25, -0.2) is 4.79 Å². The van der Waals surface area contributed by atoms with Crippen LogP contribution in [0.3, 0.4) is 0 Å². The van der Waals surface area contributed by atoms with E-state index in [1.807, 2.05) is 0 Å². The van der Waals surface area contributed by atoms with Crippen molar-refractivity contribution < 1.29 is 49.6 Å². The minimum absolute atomic E-state index is 0.0300. The number of carbonyl (C=O) groups excluding carboxylic acids is 2. The number of rotatable bonds is 7. The van der Waals surface area contributed by atoms with E-state index >= 15 is 0 Å². The van der Waals surface area contributed by atoms with Crippen molar-refractivity contribution >= 4 is 21.9 Å². The maximum Gasteiger partial charge on any atom is 0.534 e. The number of hydrogen-bond acceptors (Lipinski definition) is 9. The van der Waals surface area contributed by atoms with Gasteiger partial charge in [-0.15, -0.1) is 5.73 Å². The highest BCUT2D eigenvalue weighted by Crippen LogP contribution is 2.61. The number of nitrogens with zero attached hydrogens (tertiary/aromatic N) is 1. The first kappa shape index (κ1) is 33.5. The van der Waals surface area contributed by atoms with Crippen molar-refractivity contribution in [2.75, 3.05) is 13.4 Å². The molecule has 1 aliphatic heterocycles. The van der Waals surface area contributed by atoms with Crippen molar-refractivity contribution in [3.8, 4) is 6.07 Å². The van der Waals surface area contributed by atoms with Crippen molar-refractivity contribution in [1.29, 1.82) is 5.26 Å². The van der Waals surface area contributed by atoms with E-state index in [9.17, 15) is 36.4 Å². The van der Waals surface area contributed by atoms with E-state index in [1.54, 1.807) is 30.3 Å². The molecule has 1 spiro atoms. The summed E-state index contributed by atoms with van der Waals surface area (Å²) >= 11 is 0. The zero-order valence-electron chi connectivity index (χ0n) is 24.8. The third kappa shape index (κ3) is 5.28. The lowest BCUT2D eigenvalue weighted by Gasteiger charge is -2.54. The maximum atomic E-state index is 13.7. The lowest BCUT2D eigenvalue weighted by atomic mass is 9.51. The molecule has 44 heavy (non-hydrogen) atoms. The number of esters is 1. The Hall–Kier alpha value is -3.43. The van der Waals surface area contributed by atoms with E-state index in [0.29, 0.717) is 5.56 Å². The normalized spacial score (nSPS) is 30.4. The van der Waals surface area contributed by atoms with Crippen LogP contribution in [0, 0.1) is 34.0 Å². The fraction of sp³-hybridized carbons (Fsp3) is 0.548. The van der Waals surface area contributed by atoms with Crippen LogP contribution >= 0.6 is 0 Å². The number of ketones is 1. The average Bonchev–Trinajstić information content (AvgIpc) is 3.41. The third-order valence-electron chi connectivity index (χ3n) is 9.37. The molecule has 2 fully saturated rings. The van der Waals surface area contributed by atoms with Gasteiger partial charge in [0.25, 0.3) is 0 Å². The van der Waals surface area contributed by atoms with Crippen LogP contribution < -0.4 is 0 Å². The van der Waals surface area contributed by atoms with E-state index in [2.05, 4.69) is 18.4 Å². The summed E-state index contributed by atoms with van der Waals surface area (Å²) < 4.78 is 87.4. The Morgan fingerprint density at radius 2 is 1.86 bits per heavy atom. The summed E-state index contributed by atoms with van der Waals surface area (Å²) in [6.07, 6.45) is -0.746. The summed E-state index contributed by atoms with van der Waals surface area (Å²) in [5.41, 5.74) is -7.20. The van der Waals surface area contributed by atoms with E-state index in [1.165, 1.54) is 27.7 Å². The van der Waals surface area contributed by atoms with Crippen molar-refractivity contribution in [1.82, 2.24) is 0 Å². The molecule has 1 aromatic carbocycles. The molecule has 9 nitrogen and oxygen atoms in total. The van der Waals surface area contributed by atoms with Crippen molar-refractivity contribution in [3.63, 3.8) is 0 Å². The number of carbonyl (C=O) groups is 2. The minimum Gasteiger partial charge on any atom is -0.462 e. The fourth-order valence-electron chi connectivity index (χ4n) is 6.98. The summed E-state index contributed by atoms with van der Waals surface area (Å²) in [6.45, 7) is 9.06. The summed E-state index contributed by atoms with van der Waals surface area (Å²) in [4.78, 5) is 26.6. The van der Waals surface area contributed by atoms with E-state index in [4.69, 9.17) is 18.4 Å². The number of allylic oxidation sites excluding steroid dienone is 2. The molecule has 1 aromatic rings. The van der Waals surface area contributed by atoms with E-state index in [-0.39, 0.29) is 50.2 Å². The largest absolute Gasteiger partial charge is 0.534 e. The van der Waals surface area contributed by atoms with Gasteiger partial charge in [0.2, 0.25) is 0 Å². The molecule has 0 N–H and O–H groups in total. The van der Waals surface area contributed by atoms with E-state index < -0.39 is 67.5 Å². The van der Waals surface area contributed by atoms with Crippen LogP contribution in [0.15, 0.2) is 59.5 Å². The van der Waals surface area contributed by atoms with Gasteiger partial charge in [-0.05, 0) is 70.2 Å². The molecule has 2 aliphatic carbocycles. The molecular formula is C31H34F3NO8S. The Morgan fingerprint density at radius 1 is 1.20 bits per heavy atom. The number of Topliss-reactive ketones (excluding diaryl/α,β-unsaturated/α-hetero) is 1. The first-order chi connectivity index (χ1) is 20.5. The maximum absolute atomic E-state index is 13.7. The van der Waals surface area contributed by atoms with Crippen molar-refractivity contribution in [3.05, 3.63) is 65.1 Å². The third-order valence-corrected chi connectivity index (χ3v) is 10.3. The second-order valence-corrected chi connectivity index (χ2v) is 13.4. The van der Waals surface area contributed by atoms with Gasteiger partial charge < -0.3 is 18.4 Å². The van der Waals surface area contributed by atoms with Gasteiger partial charge in [0.05, 0.1) is 29.8 Å². The van der Waals surface area contributed by atoms with Gasteiger partial charge in [-0.2, -0.15) is 26.9 Å². The molecule has 1 heterocycles. The SMILES string of the molecule is C=C=C(C)[C@]1(C#N)C(=O)CC[C@H](COC(=O)c2ccccc2)[C@H]1[C@@H]1OCOC12CCC(C)=C(OS(=O)(=O)C(F)(F)F)C2(C)C. The summed E-state index contributed by atoms with van der Waals surface area (Å²) in [5, 5.41) is 10.7. The predicted molar refractivity (Wildman–Crippen MR) is 150 cm³/mol. The molecule has 1 saturated carbocycles. The van der Waals surface area contributed by atoms with Crippen LogP contribution in [0.4, 0.5) is 13.2 Å². The van der Waals surface area contributed by atoms with Crippen LogP contribution in [0.1, 0.15) is 63.7 Å². The fourth-order valence-corrected chi connectivity index (χ4v) is 7.65. The first-order valence-electron chi connectivity index (χ1n) is 14.0. The standard InChI is InChI=1S/C31H34F3NO8S/c1-6-20(3)29(17-35)23(36)13-12-22(16-40-27(37)21-10-8-7-9-11-21)24(29)26-30(42-18-41-26)15-14-19(2)25(28(30,4)5)43-44(38,39)31(32,33)34/h7-11,22,24,26H,1,12-16,18H2,2-5H3/t22-,24+,26+,29-,30?/m1/s1. The monoisotopic (exact) mass is 637 g/mol. The molecule has 1 saturated heterocycles. The molecule has 4 rings (SSSR count). The number of halogens is 3. The lowest BCUT2D eigenvalue weighted by molar-refractivity contribution is -0.150. The smallest absolute Gasteiger partial charge is 0.462 e. The predicted octanol–water partition coefficient (Wildman–Crippen LogP) is 5.75. The van der Waals surface area contributed by atoms with Gasteiger partial charge in [0, 0.05) is 18.3 Å². The zero-order valence-corrected chi connectivity index (χ0v) is 25.6. The lowest BCUT2D eigenvalue weighted by Crippen LogP contribution is -2.63. The van der Waals surface area contributed by atoms with Crippen molar-refractivity contribution in [2.45, 2.75) is 70.6 Å². The quantitative estimate of drug-likeness (QED) is 0.159. The van der Waals surface area contributed by atoms with Gasteiger partial charge in [0.15, 0.2) is 5.78 Å². The summed E-state index contributed by atoms with van der Waals surface area (Å²) in [6, 6.07) is 10.4. The molecule has 0 bridgehead atoms. The van der Waals surface area contributed by atoms with Crippen molar-refractivity contribution in [2.24, 2.45) is 22.7 Å². The van der Waals surface area contributed by atoms with Crippen LogP contribution in [0.2, 0.25) is 0 Å². The molecule has 5 atom stereocenters. The second-order valence-electron chi connectivity index (χ2n) is 11.9. The molecule has 13 heteroatoms. The Kier molecular flexibility index (Phi) is 8.99. The topological polar surface area (TPSA) is 129 Å². The molecule has 0 amide bonds. The van der Waals surface area contributed by atoms with E-state index in [0.717, 1.165) is 0 Å². The average molecular weight is 638 g/mol. The van der Waals surface area contributed by atoms with Gasteiger partial charge >= 0.3 is 21.6 Å². The summed E-state index contributed by atoms with van der Waals surface area (Å²) in [5.74, 6) is -3.22. The molecule has 238 valence electrons. The Bertz CT molecular complexity index is 1560. The van der Waals surface area contributed by atoms with Crippen LogP contribution in [0.25, 0.3) is 0 Å². The first-order valence-corrected chi connectivity index (χ1v) is 15.4. The number of ether oxygens (including phenoxy) is 3. The van der Waals surface area contributed by atoms with Crippen LogP contribution in [0.5, 0.6) is 0 Å². The number of nitriles is 1. The zero-order chi connectivity index (χ0) is 32.7. The second kappa shape index (κ2) is 11.8. The highest BCUT2D eigenvalue weighted by molar-refractivity contribution is 7.87. The number of alkyl halides is 3. The molecule has 0 aromatic heterocycles. The Balaban J connectivity index is 1.83. The minimum atomic E-state index is -6.04. The molecule has 0 radical (unpaired) electrons. The number of benzene rings is 1. The van der Waals surface area contributed by atoms with Gasteiger partial charge in [0.1, 0.15) is 23.6 Å². The highest BCUT2D eigenvalue weighted by Gasteiger charge is 2.68. The van der Waals surface area contributed by atoms with Gasteiger partial charge in [-0.1, -0.05) is 24.8 Å². The van der Waals surface area contributed by atoms with Crippen LogP contribution in [-0.2, 0) is 33.3 Å². The van der Waals surface area contributed by atoms with Crippen LogP contribution in [-0.4, -0.2) is 50.8 Å². The summed E-state index contributed by atoms with van der Waals surface area (Å²) in [7, 11) is -6.04. The molecular weight excluding hydrogens is 603 g/mol. The highest BCUT2D eigenvalue weighted by atomic mass is 32.2.